The Morgan fingerprint density at radius 2 is 1.73 bits per heavy atom. The molecule has 158 valence electrons. The SMILES string of the molecule is COc1ccc(N2CCN(C(=O)[C@@H](C)N=C3NS(=O)(=O)c4ccccc43)CC2)cc1. The summed E-state index contributed by atoms with van der Waals surface area (Å²) >= 11 is 0. The second-order valence-corrected chi connectivity index (χ2v) is 8.92. The molecule has 8 nitrogen and oxygen atoms in total. The predicted molar refractivity (Wildman–Crippen MR) is 115 cm³/mol. The van der Waals surface area contributed by atoms with E-state index in [0.717, 1.165) is 24.5 Å². The fraction of sp³-hybridized carbons (Fsp3) is 0.333. The Morgan fingerprint density at radius 1 is 1.07 bits per heavy atom. The number of amides is 1. The molecule has 1 N–H and O–H groups in total. The molecule has 2 aliphatic rings. The van der Waals surface area contributed by atoms with Gasteiger partial charge in [-0.05, 0) is 43.3 Å². The predicted octanol–water partition coefficient (Wildman–Crippen LogP) is 1.47. The standard InChI is InChI=1S/C21H24N4O4S/c1-15(22-20-18-5-3-4-6-19(18)30(27,28)23-20)21(26)25-13-11-24(12-14-25)16-7-9-17(29-2)10-8-16/h3-10,15H,11-14H2,1-2H3,(H,22,23)/t15-/m1/s1. The minimum Gasteiger partial charge on any atom is -0.497 e. The van der Waals surface area contributed by atoms with Gasteiger partial charge in [-0.15, -0.1) is 0 Å². The Morgan fingerprint density at radius 3 is 2.40 bits per heavy atom. The minimum atomic E-state index is -3.62. The van der Waals surface area contributed by atoms with Crippen molar-refractivity contribution in [3.8, 4) is 5.75 Å². The summed E-state index contributed by atoms with van der Waals surface area (Å²) in [5, 5.41) is 0. The van der Waals surface area contributed by atoms with Crippen LogP contribution >= 0.6 is 0 Å². The van der Waals surface area contributed by atoms with Gasteiger partial charge in [0.2, 0.25) is 5.91 Å². The number of sulfonamides is 1. The van der Waals surface area contributed by atoms with Crippen molar-refractivity contribution in [2.24, 2.45) is 4.99 Å². The summed E-state index contributed by atoms with van der Waals surface area (Å²) in [6.07, 6.45) is 0. The zero-order valence-corrected chi connectivity index (χ0v) is 17.7. The number of hydrogen-bond donors (Lipinski definition) is 1. The zero-order valence-electron chi connectivity index (χ0n) is 16.9. The maximum atomic E-state index is 12.9. The first-order valence-corrected chi connectivity index (χ1v) is 11.2. The number of piperazine rings is 1. The van der Waals surface area contributed by atoms with Gasteiger partial charge < -0.3 is 14.5 Å². The lowest BCUT2D eigenvalue weighted by atomic mass is 10.2. The van der Waals surface area contributed by atoms with Gasteiger partial charge in [-0.25, -0.2) is 8.42 Å². The first-order valence-electron chi connectivity index (χ1n) is 9.77. The monoisotopic (exact) mass is 428 g/mol. The molecule has 0 aromatic heterocycles. The van der Waals surface area contributed by atoms with Crippen molar-refractivity contribution in [1.29, 1.82) is 0 Å². The maximum absolute atomic E-state index is 12.9. The number of rotatable bonds is 4. The van der Waals surface area contributed by atoms with Crippen LogP contribution in [0.4, 0.5) is 5.69 Å². The molecular formula is C21H24N4O4S. The van der Waals surface area contributed by atoms with Crippen LogP contribution in [0, 0.1) is 0 Å². The summed E-state index contributed by atoms with van der Waals surface area (Å²) in [5.74, 6) is 0.924. The van der Waals surface area contributed by atoms with E-state index in [1.165, 1.54) is 6.07 Å². The van der Waals surface area contributed by atoms with E-state index in [-0.39, 0.29) is 16.6 Å². The maximum Gasteiger partial charge on any atom is 0.263 e. The number of amidine groups is 1. The number of methoxy groups -OCH3 is 1. The summed E-state index contributed by atoms with van der Waals surface area (Å²) in [6.45, 7) is 4.30. The van der Waals surface area contributed by atoms with Crippen LogP contribution in [0.1, 0.15) is 12.5 Å². The molecule has 2 heterocycles. The smallest absolute Gasteiger partial charge is 0.263 e. The Bertz CT molecular complexity index is 1070. The van der Waals surface area contributed by atoms with Crippen molar-refractivity contribution < 1.29 is 17.9 Å². The van der Waals surface area contributed by atoms with E-state index in [9.17, 15) is 13.2 Å². The first-order chi connectivity index (χ1) is 14.4. The number of carbonyl (C=O) groups is 1. The molecule has 2 aliphatic heterocycles. The Labute approximate surface area is 176 Å². The van der Waals surface area contributed by atoms with E-state index in [2.05, 4.69) is 14.6 Å². The van der Waals surface area contributed by atoms with Crippen molar-refractivity contribution in [3.63, 3.8) is 0 Å². The zero-order chi connectivity index (χ0) is 21.3. The lowest BCUT2D eigenvalue weighted by molar-refractivity contribution is -0.132. The van der Waals surface area contributed by atoms with Crippen molar-refractivity contribution in [1.82, 2.24) is 9.62 Å². The highest BCUT2D eigenvalue weighted by Crippen LogP contribution is 2.23. The molecule has 1 amide bonds. The number of nitrogens with one attached hydrogen (secondary N) is 1. The number of anilines is 1. The van der Waals surface area contributed by atoms with Crippen LogP contribution in [0.15, 0.2) is 58.4 Å². The lowest BCUT2D eigenvalue weighted by Gasteiger charge is -2.36. The Kier molecular flexibility index (Phi) is 5.38. The van der Waals surface area contributed by atoms with Crippen LogP contribution in [-0.2, 0) is 14.8 Å². The number of benzene rings is 2. The van der Waals surface area contributed by atoms with Gasteiger partial charge in [0.15, 0.2) is 0 Å². The highest BCUT2D eigenvalue weighted by Gasteiger charge is 2.32. The van der Waals surface area contributed by atoms with Crippen LogP contribution in [0.5, 0.6) is 5.75 Å². The molecular weight excluding hydrogens is 404 g/mol. The number of carbonyl (C=O) groups excluding carboxylic acids is 1. The molecule has 30 heavy (non-hydrogen) atoms. The molecule has 0 spiro atoms. The van der Waals surface area contributed by atoms with Gasteiger partial charge in [-0.3, -0.25) is 14.5 Å². The molecule has 9 heteroatoms. The topological polar surface area (TPSA) is 91.3 Å². The van der Waals surface area contributed by atoms with Crippen molar-refractivity contribution in [2.75, 3.05) is 38.2 Å². The van der Waals surface area contributed by atoms with Crippen molar-refractivity contribution in [2.45, 2.75) is 17.9 Å². The minimum absolute atomic E-state index is 0.111. The van der Waals surface area contributed by atoms with E-state index in [1.54, 1.807) is 37.1 Å². The molecule has 0 aliphatic carbocycles. The number of aliphatic imine (C=N–C) groups is 1. The molecule has 0 radical (unpaired) electrons. The first kappa shape index (κ1) is 20.2. The van der Waals surface area contributed by atoms with Crippen molar-refractivity contribution >= 4 is 27.5 Å². The van der Waals surface area contributed by atoms with Gasteiger partial charge in [-0.2, -0.15) is 0 Å². The number of hydrogen-bond acceptors (Lipinski definition) is 6. The molecule has 4 rings (SSSR count). The van der Waals surface area contributed by atoms with Crippen LogP contribution in [-0.4, -0.2) is 64.4 Å². The summed E-state index contributed by atoms with van der Waals surface area (Å²) in [7, 11) is -1.98. The number of fused-ring (bicyclic) bond motifs is 1. The summed E-state index contributed by atoms with van der Waals surface area (Å²) in [6, 6.07) is 13.8. The normalized spacial score (nSPS) is 19.9. The van der Waals surface area contributed by atoms with Gasteiger partial charge in [-0.1, -0.05) is 12.1 Å². The van der Waals surface area contributed by atoms with E-state index in [1.807, 2.05) is 24.3 Å². The van der Waals surface area contributed by atoms with Gasteiger partial charge in [0, 0.05) is 37.4 Å². The average molecular weight is 429 g/mol. The largest absolute Gasteiger partial charge is 0.497 e. The van der Waals surface area contributed by atoms with E-state index in [0.29, 0.717) is 18.7 Å². The molecule has 0 bridgehead atoms. The van der Waals surface area contributed by atoms with E-state index < -0.39 is 16.1 Å². The molecule has 0 unspecified atom stereocenters. The number of ether oxygens (including phenoxy) is 1. The van der Waals surface area contributed by atoms with Gasteiger partial charge in [0.05, 0.1) is 12.0 Å². The van der Waals surface area contributed by atoms with Crippen LogP contribution in [0.25, 0.3) is 0 Å². The second kappa shape index (κ2) is 7.98. The summed E-state index contributed by atoms with van der Waals surface area (Å²) in [5.41, 5.74) is 1.59. The second-order valence-electron chi connectivity index (χ2n) is 7.27. The molecule has 2 aromatic carbocycles. The highest BCUT2D eigenvalue weighted by molar-refractivity contribution is 7.90. The summed E-state index contributed by atoms with van der Waals surface area (Å²) < 4.78 is 32.1. The third-order valence-electron chi connectivity index (χ3n) is 5.37. The van der Waals surface area contributed by atoms with Crippen LogP contribution in [0.2, 0.25) is 0 Å². The van der Waals surface area contributed by atoms with Gasteiger partial charge in [0.25, 0.3) is 10.0 Å². The van der Waals surface area contributed by atoms with E-state index in [4.69, 9.17) is 4.74 Å². The van der Waals surface area contributed by atoms with Crippen LogP contribution in [0.3, 0.4) is 0 Å². The highest BCUT2D eigenvalue weighted by atomic mass is 32.2. The fourth-order valence-electron chi connectivity index (χ4n) is 3.72. The Hall–Kier alpha value is -3.07. The van der Waals surface area contributed by atoms with Crippen molar-refractivity contribution in [3.05, 3.63) is 54.1 Å². The van der Waals surface area contributed by atoms with Gasteiger partial charge >= 0.3 is 0 Å². The third kappa shape index (κ3) is 3.85. The fourth-order valence-corrected chi connectivity index (χ4v) is 4.96. The van der Waals surface area contributed by atoms with Gasteiger partial charge in [0.1, 0.15) is 17.6 Å². The Balaban J connectivity index is 1.41. The average Bonchev–Trinajstić information content (AvgIpc) is 3.03. The van der Waals surface area contributed by atoms with E-state index >= 15 is 0 Å². The molecule has 1 atom stereocenters. The summed E-state index contributed by atoms with van der Waals surface area (Å²) in [4.78, 5) is 21.5. The lowest BCUT2D eigenvalue weighted by Crippen LogP contribution is -2.51. The number of nitrogens with zero attached hydrogens (tertiary/aromatic N) is 3. The van der Waals surface area contributed by atoms with Crippen LogP contribution < -0.4 is 14.4 Å². The molecule has 1 saturated heterocycles. The molecule has 2 aromatic rings. The third-order valence-corrected chi connectivity index (χ3v) is 6.77. The molecule has 1 fully saturated rings. The quantitative estimate of drug-likeness (QED) is 0.796. The molecule has 0 saturated carbocycles.